The zero-order chi connectivity index (χ0) is 14.7. The summed E-state index contributed by atoms with van der Waals surface area (Å²) in [5, 5.41) is 0. The molecule has 1 saturated heterocycles. The van der Waals surface area contributed by atoms with Crippen LogP contribution in [0.15, 0.2) is 0 Å². The number of hydrogen-bond acceptors (Lipinski definition) is 3. The van der Waals surface area contributed by atoms with Crippen LogP contribution in [0.25, 0.3) is 0 Å². The lowest BCUT2D eigenvalue weighted by Gasteiger charge is -2.30. The van der Waals surface area contributed by atoms with Gasteiger partial charge >= 0.3 is 0 Å². The molecule has 0 saturated carbocycles. The van der Waals surface area contributed by atoms with Crippen LogP contribution in [-0.4, -0.2) is 38.4 Å². The summed E-state index contributed by atoms with van der Waals surface area (Å²) >= 11 is 0. The van der Waals surface area contributed by atoms with E-state index in [2.05, 4.69) is 13.8 Å². The molecule has 2 unspecified atom stereocenters. The number of quaternary nitrogens is 1. The van der Waals surface area contributed by atoms with Gasteiger partial charge in [0.25, 0.3) is 0 Å². The number of nitrogens with one attached hydrogen (secondary N) is 1. The number of piperidine rings is 1. The standard InChI is InChI=1S/C13H27N.CH4O3S/c1-3-4-5-6-8-11-14-12-9-7-10-13(14)2;1-5(2,3)4/h13H,3-12H2,1-2H3;1H3,(H,2,3,4). The lowest BCUT2D eigenvalue weighted by atomic mass is 10.0. The van der Waals surface area contributed by atoms with Gasteiger partial charge in [-0.3, -0.25) is 0 Å². The van der Waals surface area contributed by atoms with Gasteiger partial charge in [-0.2, -0.15) is 0 Å². The molecule has 0 aromatic carbocycles. The van der Waals surface area contributed by atoms with Crippen molar-refractivity contribution >= 4 is 10.1 Å². The molecule has 0 amide bonds. The molecular weight excluding hydrogens is 262 g/mol. The van der Waals surface area contributed by atoms with Gasteiger partial charge in [-0.1, -0.05) is 26.2 Å². The fourth-order valence-electron chi connectivity index (χ4n) is 2.58. The lowest BCUT2D eigenvalue weighted by Crippen LogP contribution is -3.16. The summed E-state index contributed by atoms with van der Waals surface area (Å²) in [5.74, 6) is 0. The summed E-state index contributed by atoms with van der Waals surface area (Å²) in [7, 11) is -3.92. The van der Waals surface area contributed by atoms with Gasteiger partial charge in [-0.15, -0.1) is 0 Å². The molecule has 0 aliphatic carbocycles. The van der Waals surface area contributed by atoms with Crippen LogP contribution in [0, 0.1) is 0 Å². The molecule has 5 heteroatoms. The smallest absolute Gasteiger partial charge is 0.0916 e. The highest BCUT2D eigenvalue weighted by Crippen LogP contribution is 2.04. The van der Waals surface area contributed by atoms with Crippen molar-refractivity contribution < 1.29 is 17.9 Å². The Kier molecular flexibility index (Phi) is 10.6. The summed E-state index contributed by atoms with van der Waals surface area (Å²) < 4.78 is 27.2. The molecule has 0 spiro atoms. The number of likely N-dealkylation sites (tertiary alicyclic amines) is 1. The third-order valence-corrected chi connectivity index (χ3v) is 3.68. The first-order chi connectivity index (χ1) is 8.84. The summed E-state index contributed by atoms with van der Waals surface area (Å²) in [6.45, 7) is 7.60. The van der Waals surface area contributed by atoms with Crippen molar-refractivity contribution in [3.63, 3.8) is 0 Å². The highest BCUT2D eigenvalue weighted by atomic mass is 32.2. The minimum atomic E-state index is -3.92. The summed E-state index contributed by atoms with van der Waals surface area (Å²) in [4.78, 5) is 1.88. The zero-order valence-corrected chi connectivity index (χ0v) is 13.6. The molecule has 0 radical (unpaired) electrons. The molecule has 0 bridgehead atoms. The maximum Gasteiger partial charge on any atom is 0.0916 e. The Morgan fingerprint density at radius 1 is 1.16 bits per heavy atom. The molecule has 1 aliphatic rings. The Labute approximate surface area is 119 Å². The van der Waals surface area contributed by atoms with E-state index < -0.39 is 10.1 Å². The molecule has 1 aliphatic heterocycles. The summed E-state index contributed by atoms with van der Waals surface area (Å²) in [6, 6.07) is 0.940. The highest BCUT2D eigenvalue weighted by Gasteiger charge is 2.20. The van der Waals surface area contributed by atoms with E-state index in [9.17, 15) is 0 Å². The molecule has 1 heterocycles. The maximum atomic E-state index is 9.08. The summed E-state index contributed by atoms with van der Waals surface area (Å²) in [6.07, 6.45) is 12.2. The van der Waals surface area contributed by atoms with Crippen molar-refractivity contribution in [1.82, 2.24) is 0 Å². The fraction of sp³-hybridized carbons (Fsp3) is 1.00. The Hall–Kier alpha value is -0.130. The van der Waals surface area contributed by atoms with Gasteiger partial charge in [0.05, 0.1) is 29.2 Å². The molecule has 2 atom stereocenters. The third kappa shape index (κ3) is 14.1. The number of hydrogen-bond donors (Lipinski definition) is 1. The zero-order valence-electron chi connectivity index (χ0n) is 12.8. The summed E-state index contributed by atoms with van der Waals surface area (Å²) in [5.41, 5.74) is 0. The van der Waals surface area contributed by atoms with E-state index in [0.717, 1.165) is 6.04 Å². The lowest BCUT2D eigenvalue weighted by molar-refractivity contribution is -0.928. The highest BCUT2D eigenvalue weighted by molar-refractivity contribution is 7.84. The number of unbranched alkanes of at least 4 members (excludes halogenated alkanes) is 4. The third-order valence-electron chi connectivity index (χ3n) is 3.68. The molecule has 0 aromatic heterocycles. The van der Waals surface area contributed by atoms with Gasteiger partial charge < -0.3 is 9.45 Å². The monoisotopic (exact) mass is 293 g/mol. The first-order valence-electron chi connectivity index (χ1n) is 7.60. The van der Waals surface area contributed by atoms with Gasteiger partial charge in [0, 0.05) is 6.26 Å². The van der Waals surface area contributed by atoms with Gasteiger partial charge in [0.2, 0.25) is 0 Å². The van der Waals surface area contributed by atoms with E-state index in [0.29, 0.717) is 6.26 Å². The van der Waals surface area contributed by atoms with E-state index in [-0.39, 0.29) is 0 Å². The van der Waals surface area contributed by atoms with Crippen LogP contribution >= 0.6 is 0 Å². The second-order valence-corrected chi connectivity index (χ2v) is 7.08. The van der Waals surface area contributed by atoms with Gasteiger partial charge in [-0.05, 0) is 39.0 Å². The van der Waals surface area contributed by atoms with E-state index in [4.69, 9.17) is 13.0 Å². The molecule has 4 nitrogen and oxygen atoms in total. The van der Waals surface area contributed by atoms with Crippen LogP contribution in [0.2, 0.25) is 0 Å². The quantitative estimate of drug-likeness (QED) is 0.597. The van der Waals surface area contributed by atoms with Crippen molar-refractivity contribution in [3.05, 3.63) is 0 Å². The van der Waals surface area contributed by atoms with E-state index in [1.54, 1.807) is 0 Å². The molecule has 0 aromatic rings. The minimum absolute atomic E-state index is 0.604. The average molecular weight is 293 g/mol. The molecular formula is C14H31NO3S. The first kappa shape index (κ1) is 18.9. The van der Waals surface area contributed by atoms with Crippen LogP contribution in [-0.2, 0) is 10.1 Å². The Balaban J connectivity index is 0.000000555. The normalized spacial score (nSPS) is 23.6. The van der Waals surface area contributed by atoms with Crippen LogP contribution in [0.5, 0.6) is 0 Å². The fourth-order valence-corrected chi connectivity index (χ4v) is 2.58. The van der Waals surface area contributed by atoms with Crippen molar-refractivity contribution in [1.29, 1.82) is 0 Å². The van der Waals surface area contributed by atoms with Gasteiger partial charge in [0.15, 0.2) is 0 Å². The van der Waals surface area contributed by atoms with E-state index in [1.807, 2.05) is 4.90 Å². The Bertz CT molecular complexity index is 296. The van der Waals surface area contributed by atoms with Crippen LogP contribution < -0.4 is 4.90 Å². The van der Waals surface area contributed by atoms with Crippen LogP contribution in [0.4, 0.5) is 0 Å². The molecule has 1 N–H and O–H groups in total. The first-order valence-corrected chi connectivity index (χ1v) is 9.41. The molecule has 19 heavy (non-hydrogen) atoms. The predicted octanol–water partition coefficient (Wildman–Crippen LogP) is 1.58. The topological polar surface area (TPSA) is 61.6 Å². The van der Waals surface area contributed by atoms with Gasteiger partial charge in [0.1, 0.15) is 0 Å². The average Bonchev–Trinajstić information content (AvgIpc) is 2.29. The van der Waals surface area contributed by atoms with E-state index in [1.165, 1.54) is 64.5 Å². The molecule has 1 rings (SSSR count). The van der Waals surface area contributed by atoms with Crippen molar-refractivity contribution in [2.75, 3.05) is 19.3 Å². The van der Waals surface area contributed by atoms with Gasteiger partial charge in [-0.25, -0.2) is 8.42 Å². The minimum Gasteiger partial charge on any atom is -0.748 e. The Morgan fingerprint density at radius 3 is 2.26 bits per heavy atom. The largest absolute Gasteiger partial charge is 0.748 e. The number of rotatable bonds is 6. The molecule has 1 fully saturated rings. The van der Waals surface area contributed by atoms with Crippen molar-refractivity contribution in [3.8, 4) is 0 Å². The SMILES string of the molecule is CCCCCCC[NH+]1CCCCC1C.CS(=O)(=O)[O-]. The Morgan fingerprint density at radius 2 is 1.74 bits per heavy atom. The van der Waals surface area contributed by atoms with Crippen molar-refractivity contribution in [2.45, 2.75) is 71.3 Å². The van der Waals surface area contributed by atoms with Crippen LogP contribution in [0.1, 0.15) is 65.2 Å². The van der Waals surface area contributed by atoms with E-state index >= 15 is 0 Å². The maximum absolute atomic E-state index is 9.08. The van der Waals surface area contributed by atoms with Crippen LogP contribution in [0.3, 0.4) is 0 Å². The predicted molar refractivity (Wildman–Crippen MR) is 78.4 cm³/mol. The second-order valence-electron chi connectivity index (χ2n) is 5.67. The van der Waals surface area contributed by atoms with Crippen molar-refractivity contribution in [2.24, 2.45) is 0 Å². The molecule has 116 valence electrons. The second kappa shape index (κ2) is 10.6.